The van der Waals surface area contributed by atoms with E-state index in [4.69, 9.17) is 21.1 Å². The molecular formula is C26H23ClF2N4O3S. The molecule has 0 radical (unpaired) electrons. The van der Waals surface area contributed by atoms with E-state index in [0.29, 0.717) is 36.1 Å². The summed E-state index contributed by atoms with van der Waals surface area (Å²) in [4.78, 5) is 12.7. The molecule has 1 fully saturated rings. The van der Waals surface area contributed by atoms with E-state index in [9.17, 15) is 13.0 Å². The summed E-state index contributed by atoms with van der Waals surface area (Å²) in [6.45, 7) is 3.14. The van der Waals surface area contributed by atoms with Crippen molar-refractivity contribution in [3.8, 4) is 16.9 Å². The monoisotopic (exact) mass is 544 g/mol. The number of anilines is 1. The molecule has 11 heteroatoms. The smallest absolute Gasteiger partial charge is 0.153 e. The van der Waals surface area contributed by atoms with Crippen LogP contribution in [0.4, 0.5) is 14.5 Å². The Hall–Kier alpha value is -3.34. The van der Waals surface area contributed by atoms with Gasteiger partial charge in [0.1, 0.15) is 35.3 Å². The van der Waals surface area contributed by atoms with Gasteiger partial charge in [-0.2, -0.15) is 0 Å². The van der Waals surface area contributed by atoms with Gasteiger partial charge in [-0.1, -0.05) is 11.6 Å². The fourth-order valence-electron chi connectivity index (χ4n) is 4.14. The van der Waals surface area contributed by atoms with Crippen LogP contribution in [0.15, 0.2) is 53.8 Å². The maximum Gasteiger partial charge on any atom is 0.153 e. The number of hydrogen-bond donors (Lipinski definition) is 1. The standard InChI is InChI=1S/C26H23ClF2N4O3S/c1-15-20-9-16(11-23(25(20)32-14-31-15)36-19-5-7-35-8-6-19)17-10-22(26(27)30-13-17)33-37(2,34)24-4-3-18(28)12-21(24)29/h3-4,9-14,19H,2,5-8H2,1H3,(H,33,34). The Kier molecular flexibility index (Phi) is 6.98. The number of fused-ring (bicyclic) bond motifs is 1. The van der Waals surface area contributed by atoms with Gasteiger partial charge in [-0.15, -0.1) is 0 Å². The quantitative estimate of drug-likeness (QED) is 0.251. The van der Waals surface area contributed by atoms with E-state index in [2.05, 4.69) is 25.5 Å². The lowest BCUT2D eigenvalue weighted by atomic mass is 10.0. The second-order valence-electron chi connectivity index (χ2n) is 8.67. The molecule has 192 valence electrons. The number of pyridine rings is 1. The molecule has 5 rings (SSSR count). The van der Waals surface area contributed by atoms with Crippen molar-refractivity contribution in [2.45, 2.75) is 30.8 Å². The van der Waals surface area contributed by atoms with E-state index in [0.717, 1.165) is 41.6 Å². The van der Waals surface area contributed by atoms with Crippen molar-refractivity contribution in [1.29, 1.82) is 0 Å². The first-order valence-corrected chi connectivity index (χ1v) is 13.6. The summed E-state index contributed by atoms with van der Waals surface area (Å²) in [7, 11) is -3.42. The van der Waals surface area contributed by atoms with Gasteiger partial charge in [0.25, 0.3) is 0 Å². The van der Waals surface area contributed by atoms with Gasteiger partial charge in [0, 0.05) is 41.7 Å². The molecule has 7 nitrogen and oxygen atoms in total. The lowest BCUT2D eigenvalue weighted by Gasteiger charge is -2.24. The third-order valence-electron chi connectivity index (χ3n) is 6.06. The highest BCUT2D eigenvalue weighted by atomic mass is 35.5. The van der Waals surface area contributed by atoms with Crippen molar-refractivity contribution in [2.75, 3.05) is 17.9 Å². The highest BCUT2D eigenvalue weighted by Crippen LogP contribution is 2.36. The first-order chi connectivity index (χ1) is 17.7. The predicted molar refractivity (Wildman–Crippen MR) is 140 cm³/mol. The minimum absolute atomic E-state index is 0.00973. The first-order valence-electron chi connectivity index (χ1n) is 11.5. The zero-order valence-corrected chi connectivity index (χ0v) is 21.4. The molecule has 1 N–H and O–H groups in total. The molecule has 37 heavy (non-hydrogen) atoms. The molecule has 1 aliphatic rings. The highest BCUT2D eigenvalue weighted by molar-refractivity contribution is 8.01. The van der Waals surface area contributed by atoms with Gasteiger partial charge in [-0.3, -0.25) is 0 Å². The summed E-state index contributed by atoms with van der Waals surface area (Å²) in [6.07, 6.45) is 4.59. The van der Waals surface area contributed by atoms with Crippen LogP contribution in [0.5, 0.6) is 5.75 Å². The summed E-state index contributed by atoms with van der Waals surface area (Å²) in [5, 5.41) is 0.822. The molecule has 2 aromatic carbocycles. The van der Waals surface area contributed by atoms with Crippen LogP contribution in [0.3, 0.4) is 0 Å². The minimum Gasteiger partial charge on any atom is -0.488 e. The Morgan fingerprint density at radius 2 is 1.89 bits per heavy atom. The van der Waals surface area contributed by atoms with Gasteiger partial charge in [-0.25, -0.2) is 27.9 Å². The van der Waals surface area contributed by atoms with Crippen molar-refractivity contribution in [2.24, 2.45) is 0 Å². The van der Waals surface area contributed by atoms with Crippen molar-refractivity contribution in [3.63, 3.8) is 0 Å². The zero-order valence-electron chi connectivity index (χ0n) is 19.8. The van der Waals surface area contributed by atoms with Gasteiger partial charge in [0.05, 0.1) is 33.5 Å². The lowest BCUT2D eigenvalue weighted by molar-refractivity contribution is 0.0261. The van der Waals surface area contributed by atoms with Crippen molar-refractivity contribution >= 4 is 43.8 Å². The Morgan fingerprint density at radius 1 is 1.11 bits per heavy atom. The maximum atomic E-state index is 14.3. The van der Waals surface area contributed by atoms with E-state index < -0.39 is 21.3 Å². The topological polar surface area (TPSA) is 86.2 Å². The Balaban J connectivity index is 1.55. The van der Waals surface area contributed by atoms with E-state index in [1.165, 1.54) is 6.33 Å². The molecule has 0 saturated carbocycles. The summed E-state index contributed by atoms with van der Waals surface area (Å²) >= 11 is 6.29. The van der Waals surface area contributed by atoms with Gasteiger partial charge in [0.2, 0.25) is 0 Å². The van der Waals surface area contributed by atoms with Crippen LogP contribution in [0.25, 0.3) is 22.0 Å². The second-order valence-corrected chi connectivity index (χ2v) is 11.0. The SMILES string of the molecule is C=S(=O)(Nc1cc(-c2cc(OC3CCOCC3)c3ncnc(C)c3c2)cnc1Cl)c1ccc(F)cc1F. The molecule has 1 atom stereocenters. The average molecular weight is 545 g/mol. The van der Waals surface area contributed by atoms with E-state index in [1.54, 1.807) is 12.3 Å². The minimum atomic E-state index is -3.42. The van der Waals surface area contributed by atoms with Crippen LogP contribution in [0.1, 0.15) is 18.5 Å². The Labute approximate surface area is 218 Å². The number of aromatic nitrogens is 3. The van der Waals surface area contributed by atoms with Crippen LogP contribution in [0.2, 0.25) is 5.15 Å². The fraction of sp³-hybridized carbons (Fsp3) is 0.231. The van der Waals surface area contributed by atoms with E-state index >= 15 is 0 Å². The molecule has 1 unspecified atom stereocenters. The molecule has 2 aromatic heterocycles. The summed E-state index contributed by atoms with van der Waals surface area (Å²) in [5.41, 5.74) is 3.01. The number of aryl methyl sites for hydroxylation is 1. The number of benzene rings is 2. The second kappa shape index (κ2) is 10.2. The Morgan fingerprint density at radius 3 is 2.65 bits per heavy atom. The van der Waals surface area contributed by atoms with Crippen LogP contribution in [-0.4, -0.2) is 44.3 Å². The highest BCUT2D eigenvalue weighted by Gasteiger charge is 2.20. The molecule has 1 aliphatic heterocycles. The number of ether oxygens (including phenoxy) is 2. The summed E-state index contributed by atoms with van der Waals surface area (Å²) in [5.74, 6) is 2.46. The molecular weight excluding hydrogens is 522 g/mol. The summed E-state index contributed by atoms with van der Waals surface area (Å²) in [6, 6.07) is 8.17. The summed E-state index contributed by atoms with van der Waals surface area (Å²) < 4.78 is 55.4. The number of rotatable bonds is 6. The van der Waals surface area contributed by atoms with Gasteiger partial charge in [-0.05, 0) is 48.7 Å². The van der Waals surface area contributed by atoms with Gasteiger partial charge in [0.15, 0.2) is 5.15 Å². The van der Waals surface area contributed by atoms with Crippen LogP contribution >= 0.6 is 11.6 Å². The molecule has 0 bridgehead atoms. The number of halogens is 3. The molecule has 0 amide bonds. The Bertz CT molecular complexity index is 1590. The molecule has 0 spiro atoms. The molecule has 0 aliphatic carbocycles. The largest absolute Gasteiger partial charge is 0.488 e. The number of hydrogen-bond acceptors (Lipinski definition) is 6. The molecule has 1 saturated heterocycles. The molecule has 3 heterocycles. The first kappa shape index (κ1) is 25.3. The van der Waals surface area contributed by atoms with E-state index in [-0.39, 0.29) is 21.8 Å². The van der Waals surface area contributed by atoms with Gasteiger partial charge >= 0.3 is 0 Å². The van der Waals surface area contributed by atoms with Crippen molar-refractivity contribution < 1.29 is 22.5 Å². The third-order valence-corrected chi connectivity index (χ3v) is 7.95. The normalized spacial score (nSPS) is 15.9. The third kappa shape index (κ3) is 5.36. The molecule has 4 aromatic rings. The zero-order chi connectivity index (χ0) is 26.2. The van der Waals surface area contributed by atoms with Crippen LogP contribution in [-0.2, 0) is 14.4 Å². The van der Waals surface area contributed by atoms with Crippen molar-refractivity contribution in [3.05, 3.63) is 71.4 Å². The van der Waals surface area contributed by atoms with Crippen molar-refractivity contribution in [1.82, 2.24) is 15.0 Å². The number of nitrogens with zero attached hydrogens (tertiary/aromatic N) is 3. The van der Waals surface area contributed by atoms with Crippen LogP contribution in [0, 0.1) is 18.6 Å². The number of nitrogens with one attached hydrogen (secondary N) is 1. The predicted octanol–water partition coefficient (Wildman–Crippen LogP) is 5.59. The van der Waals surface area contributed by atoms with Gasteiger partial charge < -0.3 is 14.2 Å². The fourth-order valence-corrected chi connectivity index (χ4v) is 5.63. The van der Waals surface area contributed by atoms with Crippen LogP contribution < -0.4 is 9.46 Å². The lowest BCUT2D eigenvalue weighted by Crippen LogP contribution is -2.26. The maximum absolute atomic E-state index is 14.3. The average Bonchev–Trinajstić information content (AvgIpc) is 2.86. The van der Waals surface area contributed by atoms with E-state index in [1.807, 2.05) is 19.1 Å².